The van der Waals surface area contributed by atoms with Crippen molar-refractivity contribution >= 4 is 56.9 Å². The molecular weight excluding hydrogens is 1150 g/mol. The maximum Gasteiger partial charge on any atom is 0.248 e. The van der Waals surface area contributed by atoms with Crippen LogP contribution in [0.1, 0.15) is 92.3 Å². The van der Waals surface area contributed by atoms with Crippen LogP contribution in [0.5, 0.6) is 17.2 Å². The minimum Gasteiger partial charge on any atom is -0.496 e. The Labute approximate surface area is 521 Å². The number of methoxy groups -OCH3 is 1. The number of benzene rings is 6. The molecule has 2 atom stereocenters. The number of rotatable bonds is 34. The van der Waals surface area contributed by atoms with Gasteiger partial charge in [0, 0.05) is 65.2 Å². The number of hydrogen-bond acceptors (Lipinski definition) is 12. The van der Waals surface area contributed by atoms with E-state index in [1.807, 2.05) is 104 Å². The maximum absolute atomic E-state index is 13.8. The number of imidazole rings is 2. The van der Waals surface area contributed by atoms with E-state index in [1.54, 1.807) is 80.2 Å². The van der Waals surface area contributed by atoms with Crippen LogP contribution in [-0.4, -0.2) is 86.1 Å². The molecule has 18 heteroatoms. The summed E-state index contributed by atoms with van der Waals surface area (Å²) in [6, 6.07) is 43.2. The van der Waals surface area contributed by atoms with Crippen LogP contribution in [0.3, 0.4) is 0 Å². The van der Waals surface area contributed by atoms with E-state index in [4.69, 9.17) is 28.7 Å². The van der Waals surface area contributed by atoms with Gasteiger partial charge in [0.1, 0.15) is 30.5 Å². The summed E-state index contributed by atoms with van der Waals surface area (Å²) in [6.07, 6.45) is 15.3. The molecule has 8 rings (SSSR count). The Kier molecular flexibility index (Phi) is 25.2. The van der Waals surface area contributed by atoms with Gasteiger partial charge in [-0.25, -0.2) is 9.97 Å². The Bertz CT molecular complexity index is 3720. The molecule has 0 radical (unpaired) electrons. The highest BCUT2D eigenvalue weighted by molar-refractivity contribution is 7.84. The first-order chi connectivity index (χ1) is 42.9. The van der Waals surface area contributed by atoms with Crippen molar-refractivity contribution in [2.24, 2.45) is 0 Å². The number of ether oxygens (including phenoxy) is 5. The van der Waals surface area contributed by atoms with E-state index in [9.17, 15) is 23.3 Å². The smallest absolute Gasteiger partial charge is 0.248 e. The summed E-state index contributed by atoms with van der Waals surface area (Å²) >= 11 is 0. The highest BCUT2D eigenvalue weighted by Crippen LogP contribution is 2.30. The molecule has 0 aliphatic rings. The Morgan fingerprint density at radius 3 is 1.65 bits per heavy atom. The van der Waals surface area contributed by atoms with Crippen LogP contribution in [0.4, 0.5) is 11.4 Å². The molecule has 0 saturated heterocycles. The lowest BCUT2D eigenvalue weighted by Gasteiger charge is -2.11. The largest absolute Gasteiger partial charge is 0.496 e. The third-order valence-electron chi connectivity index (χ3n) is 14.5. The number of nitrogens with zero attached hydrogens (tertiary/aromatic N) is 5. The number of unbranched alkanes of at least 4 members (excludes halogenated alkanes) is 2. The summed E-state index contributed by atoms with van der Waals surface area (Å²) in [4.78, 5) is 36.5. The zero-order valence-electron chi connectivity index (χ0n) is 50.7. The molecule has 0 saturated carbocycles. The van der Waals surface area contributed by atoms with Gasteiger partial charge >= 0.3 is 0 Å². The molecule has 2 unspecified atom stereocenters. The summed E-state index contributed by atoms with van der Waals surface area (Å²) in [5.41, 5.74) is 10.4. The zero-order chi connectivity index (χ0) is 62.0. The van der Waals surface area contributed by atoms with Crippen LogP contribution in [0.2, 0.25) is 0 Å². The van der Waals surface area contributed by atoms with E-state index >= 15 is 0 Å². The van der Waals surface area contributed by atoms with Crippen LogP contribution in [0, 0.1) is 18.3 Å². The standard InChI is InChI=1S/C70H77N7O9S2/c1-6-9-38-83-40-42-85-61-26-15-52(16-27-61)54-13-14-58(46-71)56(44-54)20-35-69(78)74-59-24-32-64(33-25-59)88(81)48-67-65(73-50-77(67)37-7-2)12-10-11-39-84-41-43-86-62-28-17-53(18-29-62)55-19-34-68(82-5)57(45-55)21-36-70(79)75-60-22-30-63(31-23-60)87(80)47-66-51(4)72-49-76(66)8-3/h13-36,44-45,49-50H,6-12,37-43,47-48H2,1-5H3,(H,74,78)(H,75,79)/b35-20+,36-21+. The average molecular weight is 1220 g/mol. The third-order valence-corrected chi connectivity index (χ3v) is 17.2. The number of carbonyl (C=O) groups is 2. The topological polar surface area (TPSA) is 198 Å². The van der Waals surface area contributed by atoms with E-state index in [0.717, 1.165) is 120 Å². The SMILES string of the molecule is CCCCOCCOc1ccc(-c2ccc(C#N)c(/C=C/C(=O)Nc3ccc(S(=O)Cc4c(CCCCOCCOc5ccc(-c6ccc(OC)c(/C=C/C(=O)Nc7ccc(S(=O)Cc8c(C)ncn8CC)cc7)c6)cc5)ncn4CCC)cc3)c2)cc1. The van der Waals surface area contributed by atoms with Gasteiger partial charge in [-0.3, -0.25) is 18.0 Å². The molecule has 0 spiro atoms. The Hall–Kier alpha value is -8.73. The zero-order valence-corrected chi connectivity index (χ0v) is 52.3. The van der Waals surface area contributed by atoms with Crippen molar-refractivity contribution in [1.82, 2.24) is 19.1 Å². The van der Waals surface area contributed by atoms with Crippen LogP contribution in [-0.2, 0) is 71.7 Å². The molecule has 458 valence electrons. The number of aryl methyl sites for hydroxylation is 4. The van der Waals surface area contributed by atoms with Crippen LogP contribution >= 0.6 is 0 Å². The molecule has 0 fully saturated rings. The van der Waals surface area contributed by atoms with Crippen molar-refractivity contribution in [3.05, 3.63) is 198 Å². The number of aromatic nitrogens is 4. The predicted molar refractivity (Wildman–Crippen MR) is 349 cm³/mol. The highest BCUT2D eigenvalue weighted by Gasteiger charge is 2.17. The minimum atomic E-state index is -1.36. The van der Waals surface area contributed by atoms with Gasteiger partial charge < -0.3 is 43.5 Å². The van der Waals surface area contributed by atoms with Crippen molar-refractivity contribution in [1.29, 1.82) is 5.26 Å². The van der Waals surface area contributed by atoms with Gasteiger partial charge in [-0.2, -0.15) is 5.26 Å². The van der Waals surface area contributed by atoms with Crippen molar-refractivity contribution in [3.8, 4) is 45.6 Å². The van der Waals surface area contributed by atoms with Gasteiger partial charge in [-0.1, -0.05) is 56.7 Å². The number of carbonyl (C=O) groups excluding carboxylic acids is 2. The molecule has 2 aromatic heterocycles. The number of amides is 2. The monoisotopic (exact) mass is 1220 g/mol. The molecule has 2 amide bonds. The van der Waals surface area contributed by atoms with E-state index in [1.165, 1.54) is 12.2 Å². The van der Waals surface area contributed by atoms with Gasteiger partial charge in [0.2, 0.25) is 11.8 Å². The Morgan fingerprint density at radius 1 is 0.580 bits per heavy atom. The van der Waals surface area contributed by atoms with Crippen LogP contribution in [0.15, 0.2) is 168 Å². The maximum atomic E-state index is 13.8. The first-order valence-corrected chi connectivity index (χ1v) is 32.4. The van der Waals surface area contributed by atoms with Gasteiger partial charge in [0.25, 0.3) is 0 Å². The van der Waals surface area contributed by atoms with Crippen molar-refractivity contribution in [2.75, 3.05) is 57.4 Å². The number of anilines is 2. The first-order valence-electron chi connectivity index (χ1n) is 29.8. The first kappa shape index (κ1) is 65.2. The van der Waals surface area contributed by atoms with E-state index in [-0.39, 0.29) is 11.8 Å². The molecule has 2 heterocycles. The van der Waals surface area contributed by atoms with E-state index < -0.39 is 21.6 Å². The number of nitrogens with one attached hydrogen (secondary N) is 2. The molecule has 0 aliphatic heterocycles. The fourth-order valence-electron chi connectivity index (χ4n) is 9.62. The summed E-state index contributed by atoms with van der Waals surface area (Å²) in [7, 11) is -1.03. The lowest BCUT2D eigenvalue weighted by molar-refractivity contribution is -0.112. The second-order valence-corrected chi connectivity index (χ2v) is 23.6. The summed E-state index contributed by atoms with van der Waals surface area (Å²) in [5.74, 6) is 2.08. The average Bonchev–Trinajstić information content (AvgIpc) is 3.03. The lowest BCUT2D eigenvalue weighted by Crippen LogP contribution is -2.09. The molecular formula is C70H77N7O9S2. The molecule has 6 aromatic carbocycles. The lowest BCUT2D eigenvalue weighted by atomic mass is 9.99. The van der Waals surface area contributed by atoms with Crippen molar-refractivity contribution in [2.45, 2.75) is 101 Å². The Balaban J connectivity index is 0.741. The third kappa shape index (κ3) is 19.1. The highest BCUT2D eigenvalue weighted by atomic mass is 32.2. The normalized spacial score (nSPS) is 12.0. The molecule has 8 aromatic rings. The fourth-order valence-corrected chi connectivity index (χ4v) is 12.0. The van der Waals surface area contributed by atoms with E-state index in [2.05, 4.69) is 40.1 Å². The quantitative estimate of drug-likeness (QED) is 0.0286. The number of nitriles is 1. The summed E-state index contributed by atoms with van der Waals surface area (Å²) in [5, 5.41) is 15.6. The Morgan fingerprint density at radius 2 is 1.10 bits per heavy atom. The van der Waals surface area contributed by atoms with Gasteiger partial charge in [-0.05, 0) is 183 Å². The van der Waals surface area contributed by atoms with Crippen LogP contribution < -0.4 is 24.8 Å². The van der Waals surface area contributed by atoms with E-state index in [0.29, 0.717) is 82.6 Å². The van der Waals surface area contributed by atoms with Gasteiger partial charge in [-0.15, -0.1) is 0 Å². The second kappa shape index (κ2) is 34.0. The molecule has 0 bridgehead atoms. The van der Waals surface area contributed by atoms with Crippen molar-refractivity contribution in [3.63, 3.8) is 0 Å². The van der Waals surface area contributed by atoms with Crippen molar-refractivity contribution < 1.29 is 41.7 Å². The van der Waals surface area contributed by atoms with Crippen LogP contribution in [0.25, 0.3) is 34.4 Å². The molecule has 0 aliphatic carbocycles. The second-order valence-electron chi connectivity index (χ2n) is 20.7. The fraction of sp³-hybridized carbons (Fsp3) is 0.300. The van der Waals surface area contributed by atoms with Gasteiger partial charge in [0.05, 0.1) is 100 Å². The summed E-state index contributed by atoms with van der Waals surface area (Å²) in [6.45, 7) is 12.8. The number of hydrogen-bond donors (Lipinski definition) is 2. The molecule has 2 N–H and O–H groups in total. The molecule has 88 heavy (non-hydrogen) atoms. The van der Waals surface area contributed by atoms with Gasteiger partial charge in [0.15, 0.2) is 0 Å². The molecule has 16 nitrogen and oxygen atoms in total. The summed E-state index contributed by atoms with van der Waals surface area (Å²) < 4.78 is 60.0. The minimum absolute atomic E-state index is 0.309. The predicted octanol–water partition coefficient (Wildman–Crippen LogP) is 13.6.